The van der Waals surface area contributed by atoms with Crippen LogP contribution in [0.1, 0.15) is 35.1 Å². The van der Waals surface area contributed by atoms with Crippen molar-refractivity contribution in [1.82, 2.24) is 9.97 Å². The van der Waals surface area contributed by atoms with Gasteiger partial charge in [0, 0.05) is 26.0 Å². The summed E-state index contributed by atoms with van der Waals surface area (Å²) in [6.45, 7) is 0.788. The molecule has 1 aliphatic rings. The number of aryl methyl sites for hydroxylation is 1. The molecule has 0 aromatic carbocycles. The highest BCUT2D eigenvalue weighted by atomic mass is 32.1. The van der Waals surface area contributed by atoms with Crippen LogP contribution in [0.25, 0.3) is 0 Å². The lowest BCUT2D eigenvalue weighted by Gasteiger charge is -2.15. The van der Waals surface area contributed by atoms with Crippen LogP contribution in [0.5, 0.6) is 0 Å². The lowest BCUT2D eigenvalue weighted by molar-refractivity contribution is 0.160. The number of aliphatic hydroxyl groups excluding tert-OH is 1. The predicted molar refractivity (Wildman–Crippen MR) is 76.4 cm³/mol. The number of hydrogen-bond donors (Lipinski definition) is 1. The summed E-state index contributed by atoms with van der Waals surface area (Å²) in [5.74, 6) is 0. The van der Waals surface area contributed by atoms with Gasteiger partial charge in [-0.05, 0) is 30.9 Å². The van der Waals surface area contributed by atoms with Gasteiger partial charge in [0.25, 0.3) is 0 Å². The number of thiazole rings is 1. The summed E-state index contributed by atoms with van der Waals surface area (Å²) >= 11 is 1.62. The van der Waals surface area contributed by atoms with E-state index >= 15 is 0 Å². The molecular formula is C14H17N3OS. The van der Waals surface area contributed by atoms with Gasteiger partial charge in [0.2, 0.25) is 0 Å². The summed E-state index contributed by atoms with van der Waals surface area (Å²) < 4.78 is 0. The molecule has 0 saturated carbocycles. The monoisotopic (exact) mass is 275 g/mol. The first kappa shape index (κ1) is 12.6. The zero-order chi connectivity index (χ0) is 13.2. The Kier molecular flexibility index (Phi) is 3.48. The molecule has 0 amide bonds. The molecule has 0 radical (unpaired) electrons. The van der Waals surface area contributed by atoms with Gasteiger partial charge in [-0.25, -0.2) is 4.98 Å². The van der Waals surface area contributed by atoms with E-state index in [0.29, 0.717) is 0 Å². The van der Waals surface area contributed by atoms with Crippen LogP contribution < -0.4 is 4.90 Å². The van der Waals surface area contributed by atoms with Crippen molar-refractivity contribution in [1.29, 1.82) is 0 Å². The molecule has 0 saturated heterocycles. The van der Waals surface area contributed by atoms with Crippen molar-refractivity contribution in [2.45, 2.75) is 31.9 Å². The van der Waals surface area contributed by atoms with Crippen molar-refractivity contribution < 1.29 is 5.11 Å². The van der Waals surface area contributed by atoms with Gasteiger partial charge in [0.05, 0.1) is 16.7 Å². The van der Waals surface area contributed by atoms with Gasteiger partial charge in [-0.3, -0.25) is 4.98 Å². The fourth-order valence-corrected chi connectivity index (χ4v) is 3.47. The van der Waals surface area contributed by atoms with Crippen molar-refractivity contribution in [2.75, 3.05) is 11.9 Å². The van der Waals surface area contributed by atoms with Gasteiger partial charge in [-0.1, -0.05) is 17.4 Å². The number of aromatic nitrogens is 2. The van der Waals surface area contributed by atoms with Crippen LogP contribution in [0.2, 0.25) is 0 Å². The maximum absolute atomic E-state index is 9.99. The second-order valence-electron chi connectivity index (χ2n) is 4.93. The molecule has 3 rings (SSSR count). The second kappa shape index (κ2) is 5.27. The van der Waals surface area contributed by atoms with E-state index in [1.807, 2.05) is 19.3 Å². The van der Waals surface area contributed by atoms with E-state index < -0.39 is 0 Å². The number of hydrogen-bond acceptors (Lipinski definition) is 5. The maximum atomic E-state index is 9.99. The summed E-state index contributed by atoms with van der Waals surface area (Å²) in [7, 11) is 2.03. The van der Waals surface area contributed by atoms with Crippen LogP contribution in [-0.4, -0.2) is 22.1 Å². The van der Waals surface area contributed by atoms with Crippen molar-refractivity contribution in [3.63, 3.8) is 0 Å². The summed E-state index contributed by atoms with van der Waals surface area (Å²) in [4.78, 5) is 12.0. The van der Waals surface area contributed by atoms with Gasteiger partial charge in [0.1, 0.15) is 0 Å². The standard InChI is InChI=1S/C14H17N3OS/c1-17(9-10-4-3-7-15-8-10)14-16-11-5-2-6-12(18)13(11)19-14/h3-4,7-8,12,18H,2,5-6,9H2,1H3. The van der Waals surface area contributed by atoms with Gasteiger partial charge in [-0.15, -0.1) is 0 Å². The third-order valence-electron chi connectivity index (χ3n) is 3.38. The number of anilines is 1. The third kappa shape index (κ3) is 2.62. The molecule has 0 fully saturated rings. The summed E-state index contributed by atoms with van der Waals surface area (Å²) in [6.07, 6.45) is 6.22. The van der Waals surface area contributed by atoms with E-state index in [1.54, 1.807) is 17.5 Å². The van der Waals surface area contributed by atoms with Gasteiger partial charge < -0.3 is 10.0 Å². The number of rotatable bonds is 3. The normalized spacial score (nSPS) is 18.1. The molecule has 2 heterocycles. The topological polar surface area (TPSA) is 49.2 Å². The highest BCUT2D eigenvalue weighted by molar-refractivity contribution is 7.15. The smallest absolute Gasteiger partial charge is 0.185 e. The maximum Gasteiger partial charge on any atom is 0.185 e. The SMILES string of the molecule is CN(Cc1cccnc1)c1nc2c(s1)C(O)CCC2. The molecule has 19 heavy (non-hydrogen) atoms. The number of aliphatic hydroxyl groups is 1. The first-order valence-electron chi connectivity index (χ1n) is 6.52. The highest BCUT2D eigenvalue weighted by Gasteiger charge is 2.23. The lowest BCUT2D eigenvalue weighted by Crippen LogP contribution is -2.16. The first-order valence-corrected chi connectivity index (χ1v) is 7.33. The molecule has 1 N–H and O–H groups in total. The molecule has 1 atom stereocenters. The molecule has 0 aliphatic heterocycles. The quantitative estimate of drug-likeness (QED) is 0.935. The van der Waals surface area contributed by atoms with Crippen LogP contribution in [0.3, 0.4) is 0 Å². The Morgan fingerprint density at radius 2 is 2.42 bits per heavy atom. The number of nitrogens with zero attached hydrogens (tertiary/aromatic N) is 3. The van der Waals surface area contributed by atoms with Crippen LogP contribution >= 0.6 is 11.3 Å². The zero-order valence-electron chi connectivity index (χ0n) is 10.9. The Hall–Kier alpha value is -1.46. The molecule has 5 heteroatoms. The summed E-state index contributed by atoms with van der Waals surface area (Å²) in [5.41, 5.74) is 2.25. The van der Waals surface area contributed by atoms with Crippen LogP contribution in [0.4, 0.5) is 5.13 Å². The highest BCUT2D eigenvalue weighted by Crippen LogP contribution is 2.37. The predicted octanol–water partition coefficient (Wildman–Crippen LogP) is 2.54. The molecule has 100 valence electrons. The van der Waals surface area contributed by atoms with E-state index in [9.17, 15) is 5.11 Å². The molecule has 4 nitrogen and oxygen atoms in total. The lowest BCUT2D eigenvalue weighted by atomic mass is 10.0. The van der Waals surface area contributed by atoms with Gasteiger partial charge >= 0.3 is 0 Å². The van der Waals surface area contributed by atoms with E-state index in [-0.39, 0.29) is 6.10 Å². The third-order valence-corrected chi connectivity index (χ3v) is 4.69. The minimum absolute atomic E-state index is 0.318. The van der Waals surface area contributed by atoms with E-state index in [1.165, 1.54) is 5.56 Å². The van der Waals surface area contributed by atoms with Crippen molar-refractivity contribution in [2.24, 2.45) is 0 Å². The van der Waals surface area contributed by atoms with E-state index in [0.717, 1.165) is 41.5 Å². The average molecular weight is 275 g/mol. The number of fused-ring (bicyclic) bond motifs is 1. The van der Waals surface area contributed by atoms with E-state index in [4.69, 9.17) is 0 Å². The molecule has 0 spiro atoms. The molecular weight excluding hydrogens is 258 g/mol. The van der Waals surface area contributed by atoms with Crippen LogP contribution in [-0.2, 0) is 13.0 Å². The zero-order valence-corrected chi connectivity index (χ0v) is 11.7. The largest absolute Gasteiger partial charge is 0.388 e. The Bertz CT molecular complexity index is 555. The Balaban J connectivity index is 1.79. The Morgan fingerprint density at radius 3 is 3.16 bits per heavy atom. The van der Waals surface area contributed by atoms with Crippen molar-refractivity contribution in [3.8, 4) is 0 Å². The fraction of sp³-hybridized carbons (Fsp3) is 0.429. The van der Waals surface area contributed by atoms with Crippen LogP contribution in [0.15, 0.2) is 24.5 Å². The molecule has 1 unspecified atom stereocenters. The van der Waals surface area contributed by atoms with Gasteiger partial charge in [0.15, 0.2) is 5.13 Å². The van der Waals surface area contributed by atoms with E-state index in [2.05, 4.69) is 20.9 Å². The summed E-state index contributed by atoms with van der Waals surface area (Å²) in [6, 6.07) is 4.01. The molecule has 2 aromatic heterocycles. The van der Waals surface area contributed by atoms with Crippen LogP contribution in [0, 0.1) is 0 Å². The Morgan fingerprint density at radius 1 is 1.53 bits per heavy atom. The molecule has 2 aromatic rings. The Labute approximate surface area is 116 Å². The summed E-state index contributed by atoms with van der Waals surface area (Å²) in [5, 5.41) is 11.0. The van der Waals surface area contributed by atoms with Gasteiger partial charge in [-0.2, -0.15) is 0 Å². The first-order chi connectivity index (χ1) is 9.24. The minimum atomic E-state index is -0.318. The fourth-order valence-electron chi connectivity index (χ4n) is 2.38. The number of pyridine rings is 1. The molecule has 0 bridgehead atoms. The van der Waals surface area contributed by atoms with Crippen molar-refractivity contribution in [3.05, 3.63) is 40.7 Å². The molecule has 1 aliphatic carbocycles. The second-order valence-corrected chi connectivity index (χ2v) is 5.94. The average Bonchev–Trinajstić information content (AvgIpc) is 2.85. The minimum Gasteiger partial charge on any atom is -0.388 e. The van der Waals surface area contributed by atoms with Crippen molar-refractivity contribution >= 4 is 16.5 Å².